The Morgan fingerprint density at radius 1 is 1.37 bits per heavy atom. The highest BCUT2D eigenvalue weighted by Gasteiger charge is 2.15. The Kier molecular flexibility index (Phi) is 7.74. The molecule has 0 aromatic carbocycles. The van der Waals surface area contributed by atoms with Gasteiger partial charge in [-0.2, -0.15) is 0 Å². The van der Waals surface area contributed by atoms with E-state index in [0.717, 1.165) is 25.4 Å². The molecule has 0 saturated heterocycles. The lowest BCUT2D eigenvalue weighted by atomic mass is 10.2. The minimum Gasteiger partial charge on any atom is -0.468 e. The van der Waals surface area contributed by atoms with Crippen LogP contribution >= 0.6 is 0 Å². The standard InChI is InChI=1S/C14H26N2O3/c1-12(10-18-4)16(5-6-17-3)9-14-7-13(8-15-2)11-19-14/h7,11-12,15H,5-6,8-10H2,1-4H3. The normalized spacial score (nSPS) is 13.1. The molecule has 1 atom stereocenters. The fourth-order valence-electron chi connectivity index (χ4n) is 2.02. The van der Waals surface area contributed by atoms with E-state index in [2.05, 4.69) is 23.2 Å². The van der Waals surface area contributed by atoms with Crippen molar-refractivity contribution in [3.63, 3.8) is 0 Å². The highest BCUT2D eigenvalue weighted by Crippen LogP contribution is 2.12. The van der Waals surface area contributed by atoms with Gasteiger partial charge in [0.1, 0.15) is 5.76 Å². The third-order valence-electron chi connectivity index (χ3n) is 3.06. The fraction of sp³-hybridized carbons (Fsp3) is 0.714. The molecule has 110 valence electrons. The average Bonchev–Trinajstić information content (AvgIpc) is 2.82. The summed E-state index contributed by atoms with van der Waals surface area (Å²) in [6, 6.07) is 2.42. The number of nitrogens with zero attached hydrogens (tertiary/aromatic N) is 1. The molecule has 0 aliphatic heterocycles. The largest absolute Gasteiger partial charge is 0.468 e. The third-order valence-corrected chi connectivity index (χ3v) is 3.06. The van der Waals surface area contributed by atoms with Crippen molar-refractivity contribution in [2.45, 2.75) is 26.1 Å². The van der Waals surface area contributed by atoms with Crippen molar-refractivity contribution in [3.05, 3.63) is 23.7 Å². The maximum absolute atomic E-state index is 5.59. The summed E-state index contributed by atoms with van der Waals surface area (Å²) in [5.41, 5.74) is 1.17. The van der Waals surface area contributed by atoms with Crippen molar-refractivity contribution in [2.75, 3.05) is 41.0 Å². The second-order valence-corrected chi connectivity index (χ2v) is 4.72. The molecule has 0 amide bonds. The van der Waals surface area contributed by atoms with Crippen molar-refractivity contribution in [2.24, 2.45) is 0 Å². The molecule has 0 aliphatic rings. The van der Waals surface area contributed by atoms with Crippen molar-refractivity contribution < 1.29 is 13.9 Å². The molecule has 19 heavy (non-hydrogen) atoms. The van der Waals surface area contributed by atoms with Crippen LogP contribution in [0.2, 0.25) is 0 Å². The van der Waals surface area contributed by atoms with Gasteiger partial charge in [-0.25, -0.2) is 0 Å². The molecule has 0 fully saturated rings. The first-order chi connectivity index (χ1) is 9.21. The minimum atomic E-state index is 0.331. The van der Waals surface area contributed by atoms with Crippen LogP contribution in [0.5, 0.6) is 0 Å². The van der Waals surface area contributed by atoms with Crippen molar-refractivity contribution in [1.29, 1.82) is 0 Å². The van der Waals surface area contributed by atoms with Gasteiger partial charge in [-0.05, 0) is 20.0 Å². The van der Waals surface area contributed by atoms with Crippen molar-refractivity contribution >= 4 is 0 Å². The molecule has 1 unspecified atom stereocenters. The smallest absolute Gasteiger partial charge is 0.118 e. The molecular weight excluding hydrogens is 244 g/mol. The second kappa shape index (κ2) is 9.09. The summed E-state index contributed by atoms with van der Waals surface area (Å²) >= 11 is 0. The fourth-order valence-corrected chi connectivity index (χ4v) is 2.02. The molecule has 5 nitrogen and oxygen atoms in total. The van der Waals surface area contributed by atoms with Gasteiger partial charge >= 0.3 is 0 Å². The van der Waals surface area contributed by atoms with Crippen LogP contribution in [-0.2, 0) is 22.6 Å². The highest BCUT2D eigenvalue weighted by atomic mass is 16.5. The van der Waals surface area contributed by atoms with Gasteiger partial charge in [0.25, 0.3) is 0 Å². The van der Waals surface area contributed by atoms with Gasteiger partial charge in [0.15, 0.2) is 0 Å². The Morgan fingerprint density at radius 2 is 2.16 bits per heavy atom. The van der Waals surface area contributed by atoms with E-state index in [0.29, 0.717) is 19.3 Å². The van der Waals surface area contributed by atoms with Gasteiger partial charge in [-0.3, -0.25) is 4.90 Å². The molecule has 5 heteroatoms. The van der Waals surface area contributed by atoms with Crippen molar-refractivity contribution in [3.8, 4) is 0 Å². The molecule has 1 heterocycles. The maximum Gasteiger partial charge on any atom is 0.118 e. The van der Waals surface area contributed by atoms with E-state index in [1.807, 2.05) is 7.05 Å². The molecule has 0 bridgehead atoms. The summed E-state index contributed by atoms with van der Waals surface area (Å²) in [5, 5.41) is 3.11. The number of nitrogens with one attached hydrogen (secondary N) is 1. The van der Waals surface area contributed by atoms with Crippen LogP contribution in [0.1, 0.15) is 18.2 Å². The number of methoxy groups -OCH3 is 2. The monoisotopic (exact) mass is 270 g/mol. The van der Waals surface area contributed by atoms with E-state index >= 15 is 0 Å². The minimum absolute atomic E-state index is 0.331. The molecule has 1 rings (SSSR count). The molecule has 0 spiro atoms. The average molecular weight is 270 g/mol. The van der Waals surface area contributed by atoms with Gasteiger partial charge in [-0.15, -0.1) is 0 Å². The summed E-state index contributed by atoms with van der Waals surface area (Å²) in [6.45, 7) is 6.03. The Bertz CT molecular complexity index is 341. The van der Waals surface area contributed by atoms with E-state index in [4.69, 9.17) is 13.9 Å². The number of rotatable bonds is 10. The van der Waals surface area contributed by atoms with E-state index in [1.54, 1.807) is 20.5 Å². The summed E-state index contributed by atoms with van der Waals surface area (Å²) in [5.74, 6) is 0.976. The first-order valence-electron chi connectivity index (χ1n) is 6.64. The summed E-state index contributed by atoms with van der Waals surface area (Å²) in [4.78, 5) is 2.30. The topological polar surface area (TPSA) is 46.9 Å². The number of hydrogen-bond acceptors (Lipinski definition) is 5. The lowest BCUT2D eigenvalue weighted by Crippen LogP contribution is -2.37. The van der Waals surface area contributed by atoms with Gasteiger partial charge in [0, 0.05) is 38.9 Å². The summed E-state index contributed by atoms with van der Waals surface area (Å²) in [6.07, 6.45) is 1.81. The van der Waals surface area contributed by atoms with Crippen LogP contribution in [0, 0.1) is 0 Å². The molecular formula is C14H26N2O3. The molecule has 1 aromatic heterocycles. The number of furan rings is 1. The Labute approximate surface area is 115 Å². The van der Waals surface area contributed by atoms with E-state index in [1.165, 1.54) is 5.56 Å². The number of hydrogen-bond donors (Lipinski definition) is 1. The SMILES string of the molecule is CNCc1coc(CN(CCOC)C(C)COC)c1. The first-order valence-corrected chi connectivity index (χ1v) is 6.64. The van der Waals surface area contributed by atoms with Crippen LogP contribution in [0.15, 0.2) is 16.7 Å². The zero-order valence-electron chi connectivity index (χ0n) is 12.4. The van der Waals surface area contributed by atoms with Crippen LogP contribution in [0.25, 0.3) is 0 Å². The third kappa shape index (κ3) is 5.74. The van der Waals surface area contributed by atoms with E-state index < -0.39 is 0 Å². The quantitative estimate of drug-likeness (QED) is 0.698. The van der Waals surface area contributed by atoms with Gasteiger partial charge in [-0.1, -0.05) is 0 Å². The van der Waals surface area contributed by atoms with Gasteiger partial charge in [0.2, 0.25) is 0 Å². The lowest BCUT2D eigenvalue weighted by molar-refractivity contribution is 0.0664. The predicted molar refractivity (Wildman–Crippen MR) is 75.1 cm³/mol. The Balaban J connectivity index is 2.58. The van der Waals surface area contributed by atoms with Gasteiger partial charge < -0.3 is 19.2 Å². The van der Waals surface area contributed by atoms with Gasteiger partial charge in [0.05, 0.1) is 26.0 Å². The van der Waals surface area contributed by atoms with E-state index in [-0.39, 0.29) is 0 Å². The summed E-state index contributed by atoms with van der Waals surface area (Å²) in [7, 11) is 5.37. The molecule has 0 radical (unpaired) electrons. The zero-order chi connectivity index (χ0) is 14.1. The Hall–Kier alpha value is -0.880. The lowest BCUT2D eigenvalue weighted by Gasteiger charge is -2.27. The molecule has 1 aromatic rings. The predicted octanol–water partition coefficient (Wildman–Crippen LogP) is 1.48. The van der Waals surface area contributed by atoms with Crippen LogP contribution < -0.4 is 5.32 Å². The molecule has 0 saturated carbocycles. The zero-order valence-corrected chi connectivity index (χ0v) is 12.4. The first kappa shape index (κ1) is 16.2. The Morgan fingerprint density at radius 3 is 2.79 bits per heavy atom. The number of ether oxygens (including phenoxy) is 2. The van der Waals surface area contributed by atoms with E-state index in [9.17, 15) is 0 Å². The van der Waals surface area contributed by atoms with Crippen LogP contribution in [-0.4, -0.2) is 52.0 Å². The highest BCUT2D eigenvalue weighted by molar-refractivity contribution is 5.12. The van der Waals surface area contributed by atoms with Crippen molar-refractivity contribution in [1.82, 2.24) is 10.2 Å². The molecule has 0 aliphatic carbocycles. The van der Waals surface area contributed by atoms with Crippen LogP contribution in [0.3, 0.4) is 0 Å². The molecule has 1 N–H and O–H groups in total. The maximum atomic E-state index is 5.59. The van der Waals surface area contributed by atoms with Crippen LogP contribution in [0.4, 0.5) is 0 Å². The second-order valence-electron chi connectivity index (χ2n) is 4.72. The summed E-state index contributed by atoms with van der Waals surface area (Å²) < 4.78 is 16.0.